The molecule has 0 atom stereocenters. The molecule has 1 rings (SSSR count). The quantitative estimate of drug-likeness (QED) is 0.606. The first-order valence-corrected chi connectivity index (χ1v) is 4.81. The first-order chi connectivity index (χ1) is 7.77. The van der Waals surface area contributed by atoms with Gasteiger partial charge >= 0.3 is 6.18 Å². The van der Waals surface area contributed by atoms with Crippen LogP contribution in [0.4, 0.5) is 17.6 Å². The van der Waals surface area contributed by atoms with Gasteiger partial charge in [-0.1, -0.05) is 0 Å². The summed E-state index contributed by atoms with van der Waals surface area (Å²) in [5.74, 6) is -2.24. The zero-order valence-corrected chi connectivity index (χ0v) is 9.19. The molecule has 17 heavy (non-hydrogen) atoms. The van der Waals surface area contributed by atoms with Crippen molar-refractivity contribution in [3.05, 3.63) is 29.1 Å². The van der Waals surface area contributed by atoms with Crippen molar-refractivity contribution in [2.75, 3.05) is 6.61 Å². The highest BCUT2D eigenvalue weighted by Gasteiger charge is 2.35. The third-order valence-corrected chi connectivity index (χ3v) is 2.05. The molecule has 0 heterocycles. The van der Waals surface area contributed by atoms with Gasteiger partial charge in [0.25, 0.3) is 0 Å². The van der Waals surface area contributed by atoms with Gasteiger partial charge in [0.2, 0.25) is 0 Å². The second kappa shape index (κ2) is 4.73. The molecule has 94 valence electrons. The Morgan fingerprint density at radius 2 is 1.94 bits per heavy atom. The Morgan fingerprint density at radius 3 is 2.35 bits per heavy atom. The van der Waals surface area contributed by atoms with Crippen LogP contribution in [0.25, 0.3) is 0 Å². The van der Waals surface area contributed by atoms with Crippen LogP contribution in [-0.2, 0) is 6.18 Å². The van der Waals surface area contributed by atoms with Crippen LogP contribution < -0.4 is 4.74 Å². The molecule has 0 spiro atoms. The van der Waals surface area contributed by atoms with Crippen molar-refractivity contribution >= 4 is 5.78 Å². The van der Waals surface area contributed by atoms with Gasteiger partial charge in [-0.25, -0.2) is 4.39 Å². The van der Waals surface area contributed by atoms with Crippen molar-refractivity contribution in [3.63, 3.8) is 0 Å². The van der Waals surface area contributed by atoms with Crippen molar-refractivity contribution in [3.8, 4) is 5.75 Å². The van der Waals surface area contributed by atoms with Gasteiger partial charge < -0.3 is 4.74 Å². The fourth-order valence-corrected chi connectivity index (χ4v) is 1.32. The summed E-state index contributed by atoms with van der Waals surface area (Å²) in [5, 5.41) is 0. The summed E-state index contributed by atoms with van der Waals surface area (Å²) in [5.41, 5.74) is -1.74. The molecule has 1 aromatic rings. The van der Waals surface area contributed by atoms with Crippen LogP contribution in [-0.4, -0.2) is 12.4 Å². The largest absolute Gasteiger partial charge is 0.493 e. The number of benzene rings is 1. The van der Waals surface area contributed by atoms with E-state index < -0.39 is 23.3 Å². The Kier molecular flexibility index (Phi) is 3.75. The van der Waals surface area contributed by atoms with Gasteiger partial charge in [-0.15, -0.1) is 0 Å². The maximum atomic E-state index is 13.2. The molecule has 0 radical (unpaired) electrons. The van der Waals surface area contributed by atoms with E-state index in [1.54, 1.807) is 6.92 Å². The second-order valence-electron chi connectivity index (χ2n) is 3.32. The molecule has 0 fully saturated rings. The van der Waals surface area contributed by atoms with Crippen molar-refractivity contribution in [2.45, 2.75) is 20.0 Å². The van der Waals surface area contributed by atoms with E-state index >= 15 is 0 Å². The van der Waals surface area contributed by atoms with Crippen molar-refractivity contribution in [1.29, 1.82) is 0 Å². The molecule has 0 N–H and O–H groups in total. The Hall–Kier alpha value is -1.59. The number of alkyl halides is 3. The molecule has 0 saturated heterocycles. The summed E-state index contributed by atoms with van der Waals surface area (Å²) in [7, 11) is 0. The van der Waals surface area contributed by atoms with E-state index in [0.717, 1.165) is 6.92 Å². The lowest BCUT2D eigenvalue weighted by Crippen LogP contribution is -2.11. The Morgan fingerprint density at radius 1 is 1.35 bits per heavy atom. The van der Waals surface area contributed by atoms with Gasteiger partial charge in [0.1, 0.15) is 11.6 Å². The lowest BCUT2D eigenvalue weighted by Gasteiger charge is -2.13. The minimum atomic E-state index is -4.83. The molecule has 0 saturated carbocycles. The van der Waals surface area contributed by atoms with Gasteiger partial charge in [-0.2, -0.15) is 13.2 Å². The number of Topliss-reactive ketones (excluding diaryl/α,β-unsaturated/α-hetero) is 1. The molecule has 0 aliphatic carbocycles. The summed E-state index contributed by atoms with van der Waals surface area (Å²) >= 11 is 0. The summed E-state index contributed by atoms with van der Waals surface area (Å²) in [6.45, 7) is 2.81. The lowest BCUT2D eigenvalue weighted by molar-refractivity contribution is -0.140. The minimum absolute atomic E-state index is 0.130. The molecule has 2 nitrogen and oxygen atoms in total. The predicted molar refractivity (Wildman–Crippen MR) is 52.6 cm³/mol. The Balaban J connectivity index is 3.40. The van der Waals surface area contributed by atoms with Crippen LogP contribution in [0, 0.1) is 5.82 Å². The average molecular weight is 250 g/mol. The minimum Gasteiger partial charge on any atom is -0.493 e. The van der Waals surface area contributed by atoms with Crippen molar-refractivity contribution in [2.24, 2.45) is 0 Å². The molecule has 0 aromatic heterocycles. The molecule has 0 aliphatic heterocycles. The van der Waals surface area contributed by atoms with Gasteiger partial charge in [-0.05, 0) is 19.9 Å². The average Bonchev–Trinajstić information content (AvgIpc) is 2.15. The molecule has 0 amide bonds. The monoisotopic (exact) mass is 250 g/mol. The van der Waals surface area contributed by atoms with Crippen molar-refractivity contribution in [1.82, 2.24) is 0 Å². The van der Waals surface area contributed by atoms with Crippen LogP contribution in [0.3, 0.4) is 0 Å². The number of halogens is 4. The SMILES string of the molecule is CCOc1cc(F)c(C(F)(F)F)cc1C(C)=O. The van der Waals surface area contributed by atoms with E-state index in [1.165, 1.54) is 0 Å². The van der Waals surface area contributed by atoms with E-state index in [9.17, 15) is 22.4 Å². The molecule has 6 heteroatoms. The summed E-state index contributed by atoms with van der Waals surface area (Å²) in [4.78, 5) is 11.2. The van der Waals surface area contributed by atoms with Crippen LogP contribution in [0.5, 0.6) is 5.75 Å². The number of ether oxygens (including phenoxy) is 1. The zero-order chi connectivity index (χ0) is 13.2. The Bertz CT molecular complexity index is 438. The fourth-order valence-electron chi connectivity index (χ4n) is 1.32. The molecular formula is C11H10F4O2. The molecule has 1 aromatic carbocycles. The van der Waals surface area contributed by atoms with Gasteiger partial charge in [0.05, 0.1) is 17.7 Å². The number of hydrogen-bond acceptors (Lipinski definition) is 2. The molecule has 0 aliphatic rings. The predicted octanol–water partition coefficient (Wildman–Crippen LogP) is 3.45. The van der Waals surface area contributed by atoms with E-state index in [2.05, 4.69) is 0 Å². The number of carbonyl (C=O) groups excluding carboxylic acids is 1. The Labute approximate surface area is 95.2 Å². The third kappa shape index (κ3) is 2.95. The number of ketones is 1. The number of hydrogen-bond donors (Lipinski definition) is 0. The van der Waals surface area contributed by atoms with E-state index in [4.69, 9.17) is 4.74 Å². The standard InChI is InChI=1S/C11H10F4O2/c1-3-17-10-5-9(12)8(11(13,14)15)4-7(10)6(2)16/h4-5H,3H2,1-2H3. The van der Waals surface area contributed by atoms with Gasteiger partial charge in [0, 0.05) is 6.07 Å². The van der Waals surface area contributed by atoms with Gasteiger partial charge in [0.15, 0.2) is 5.78 Å². The first kappa shape index (κ1) is 13.5. The van der Waals surface area contributed by atoms with Crippen molar-refractivity contribution < 1.29 is 27.1 Å². The van der Waals surface area contributed by atoms with Crippen LogP contribution in [0.1, 0.15) is 29.8 Å². The number of rotatable bonds is 3. The summed E-state index contributed by atoms with van der Waals surface area (Å²) in [6, 6.07) is 1.06. The van der Waals surface area contributed by atoms with E-state index in [0.29, 0.717) is 12.1 Å². The maximum absolute atomic E-state index is 13.2. The highest BCUT2D eigenvalue weighted by molar-refractivity contribution is 5.97. The first-order valence-electron chi connectivity index (χ1n) is 4.81. The summed E-state index contributed by atoms with van der Waals surface area (Å²) < 4.78 is 55.4. The molecule has 0 unspecified atom stereocenters. The molecule has 0 bridgehead atoms. The normalized spacial score (nSPS) is 11.4. The maximum Gasteiger partial charge on any atom is 0.419 e. The van der Waals surface area contributed by atoms with Crippen LogP contribution in [0.15, 0.2) is 12.1 Å². The van der Waals surface area contributed by atoms with E-state index in [-0.39, 0.29) is 17.9 Å². The third-order valence-electron chi connectivity index (χ3n) is 2.05. The van der Waals surface area contributed by atoms with Crippen LogP contribution in [0.2, 0.25) is 0 Å². The van der Waals surface area contributed by atoms with Gasteiger partial charge in [-0.3, -0.25) is 4.79 Å². The van der Waals surface area contributed by atoms with E-state index in [1.807, 2.05) is 0 Å². The highest BCUT2D eigenvalue weighted by atomic mass is 19.4. The fraction of sp³-hybridized carbons (Fsp3) is 0.364. The van der Waals surface area contributed by atoms with Crippen LogP contribution >= 0.6 is 0 Å². The smallest absolute Gasteiger partial charge is 0.419 e. The lowest BCUT2D eigenvalue weighted by atomic mass is 10.1. The molecular weight excluding hydrogens is 240 g/mol. The highest BCUT2D eigenvalue weighted by Crippen LogP contribution is 2.35. The number of carbonyl (C=O) groups is 1. The second-order valence-corrected chi connectivity index (χ2v) is 3.32. The zero-order valence-electron chi connectivity index (χ0n) is 9.19. The summed E-state index contributed by atoms with van der Waals surface area (Å²) in [6.07, 6.45) is -4.83. The topological polar surface area (TPSA) is 26.3 Å².